The first-order chi connectivity index (χ1) is 8.83. The molecule has 0 heterocycles. The topological polar surface area (TPSA) is 39.7 Å². The average Bonchev–Trinajstić information content (AvgIpc) is 3.14. The largest absolute Gasteiger partial charge is 0.390 e. The number of likely N-dealkylation sites (N-methyl/N-ethyl adjacent to an activating group) is 1. The number of halogens is 3. The molecule has 1 rings (SSSR count). The molecule has 7 heteroatoms. The van der Waals surface area contributed by atoms with Gasteiger partial charge in [0.15, 0.2) is 5.96 Å². The zero-order valence-electron chi connectivity index (χ0n) is 11.7. The highest BCUT2D eigenvalue weighted by atomic mass is 19.4. The molecule has 0 aromatic heterocycles. The first kappa shape index (κ1) is 16.1. The Balaban J connectivity index is 2.21. The lowest BCUT2D eigenvalue weighted by atomic mass is 10.3. The Labute approximate surface area is 112 Å². The van der Waals surface area contributed by atoms with Crippen LogP contribution in [0.15, 0.2) is 4.99 Å². The van der Waals surface area contributed by atoms with Crippen LogP contribution in [0.25, 0.3) is 0 Å². The van der Waals surface area contributed by atoms with E-state index in [0.29, 0.717) is 24.6 Å². The lowest BCUT2D eigenvalue weighted by Crippen LogP contribution is -2.46. The highest BCUT2D eigenvalue weighted by Gasteiger charge is 2.29. The highest BCUT2D eigenvalue weighted by molar-refractivity contribution is 5.79. The smallest absolute Gasteiger partial charge is 0.356 e. The Morgan fingerprint density at radius 3 is 2.47 bits per heavy atom. The minimum Gasteiger partial charge on any atom is -0.356 e. The van der Waals surface area contributed by atoms with Gasteiger partial charge in [0.2, 0.25) is 0 Å². The van der Waals surface area contributed by atoms with E-state index in [1.807, 2.05) is 0 Å². The number of alkyl halides is 3. The molecule has 1 fully saturated rings. The van der Waals surface area contributed by atoms with Gasteiger partial charge >= 0.3 is 6.18 Å². The summed E-state index contributed by atoms with van der Waals surface area (Å²) in [5, 5.41) is 5.71. The molecule has 0 radical (unpaired) electrons. The fraction of sp³-hybridized carbons (Fsp3) is 0.917. The maximum atomic E-state index is 12.0. The number of nitrogens with one attached hydrogen (secondary N) is 2. The molecule has 0 aromatic rings. The molecule has 19 heavy (non-hydrogen) atoms. The van der Waals surface area contributed by atoms with Crippen molar-refractivity contribution in [2.75, 3.05) is 27.2 Å². The summed E-state index contributed by atoms with van der Waals surface area (Å²) in [6, 6.07) is 0.991. The summed E-state index contributed by atoms with van der Waals surface area (Å²) >= 11 is 0. The second-order valence-corrected chi connectivity index (χ2v) is 4.99. The van der Waals surface area contributed by atoms with Crippen LogP contribution in [-0.2, 0) is 0 Å². The molecule has 112 valence electrons. The van der Waals surface area contributed by atoms with Crippen molar-refractivity contribution in [2.45, 2.75) is 44.4 Å². The Morgan fingerprint density at radius 1 is 1.37 bits per heavy atom. The van der Waals surface area contributed by atoms with Gasteiger partial charge in [0.1, 0.15) is 0 Å². The molecular formula is C12H23F3N4. The summed E-state index contributed by atoms with van der Waals surface area (Å²) in [5.74, 6) is 0.417. The molecule has 0 aliphatic heterocycles. The second kappa shape index (κ2) is 6.98. The molecule has 2 N–H and O–H groups in total. The van der Waals surface area contributed by atoms with Crippen LogP contribution in [0.2, 0.25) is 0 Å². The third-order valence-electron chi connectivity index (χ3n) is 3.31. The molecule has 1 unspecified atom stereocenters. The molecule has 0 saturated heterocycles. The van der Waals surface area contributed by atoms with Crippen molar-refractivity contribution >= 4 is 5.96 Å². The number of nitrogens with zero attached hydrogens (tertiary/aromatic N) is 2. The van der Waals surface area contributed by atoms with E-state index in [1.54, 1.807) is 7.05 Å². The van der Waals surface area contributed by atoms with Gasteiger partial charge in [-0.2, -0.15) is 13.2 Å². The third kappa shape index (κ3) is 6.66. The molecular weight excluding hydrogens is 257 g/mol. The SMILES string of the molecule is CN=C(NCCC(F)(F)F)NCC(C)N(C)C1CC1. The van der Waals surface area contributed by atoms with Gasteiger partial charge in [-0.05, 0) is 26.8 Å². The highest BCUT2D eigenvalue weighted by Crippen LogP contribution is 2.26. The molecule has 1 saturated carbocycles. The lowest BCUT2D eigenvalue weighted by molar-refractivity contribution is -0.132. The zero-order chi connectivity index (χ0) is 14.5. The molecule has 1 atom stereocenters. The van der Waals surface area contributed by atoms with Crippen molar-refractivity contribution in [3.8, 4) is 0 Å². The van der Waals surface area contributed by atoms with E-state index in [2.05, 4.69) is 34.5 Å². The minimum absolute atomic E-state index is 0.157. The minimum atomic E-state index is -4.13. The molecule has 0 aromatic carbocycles. The van der Waals surface area contributed by atoms with Crippen molar-refractivity contribution in [1.82, 2.24) is 15.5 Å². The number of aliphatic imine (C=N–C) groups is 1. The molecule has 1 aliphatic carbocycles. The van der Waals surface area contributed by atoms with Crippen molar-refractivity contribution < 1.29 is 13.2 Å². The van der Waals surface area contributed by atoms with Crippen molar-refractivity contribution in [3.05, 3.63) is 0 Å². The Morgan fingerprint density at radius 2 is 2.00 bits per heavy atom. The van der Waals surface area contributed by atoms with Crippen LogP contribution in [0, 0.1) is 0 Å². The molecule has 0 amide bonds. The van der Waals surface area contributed by atoms with E-state index in [4.69, 9.17) is 0 Å². The van der Waals surface area contributed by atoms with Crippen LogP contribution in [0.1, 0.15) is 26.2 Å². The van der Waals surface area contributed by atoms with E-state index < -0.39 is 12.6 Å². The van der Waals surface area contributed by atoms with Crippen LogP contribution >= 0.6 is 0 Å². The van der Waals surface area contributed by atoms with Gasteiger partial charge in [0.25, 0.3) is 0 Å². The summed E-state index contributed by atoms with van der Waals surface area (Å²) in [7, 11) is 3.63. The van der Waals surface area contributed by atoms with E-state index in [0.717, 1.165) is 0 Å². The van der Waals surface area contributed by atoms with Crippen LogP contribution in [0.3, 0.4) is 0 Å². The fourth-order valence-electron chi connectivity index (χ4n) is 1.77. The van der Waals surface area contributed by atoms with E-state index in [9.17, 15) is 13.2 Å². The maximum Gasteiger partial charge on any atom is 0.390 e. The third-order valence-corrected chi connectivity index (χ3v) is 3.31. The summed E-state index contributed by atoms with van der Waals surface area (Å²) in [6.07, 6.45) is -2.52. The fourth-order valence-corrected chi connectivity index (χ4v) is 1.77. The van der Waals surface area contributed by atoms with Crippen molar-refractivity contribution in [3.63, 3.8) is 0 Å². The van der Waals surface area contributed by atoms with Gasteiger partial charge in [-0.15, -0.1) is 0 Å². The molecule has 4 nitrogen and oxygen atoms in total. The van der Waals surface area contributed by atoms with Crippen molar-refractivity contribution in [1.29, 1.82) is 0 Å². The quantitative estimate of drug-likeness (QED) is 0.573. The van der Waals surface area contributed by atoms with Gasteiger partial charge in [0, 0.05) is 32.2 Å². The summed E-state index contributed by atoms with van der Waals surface area (Å²) in [6.45, 7) is 2.60. The van der Waals surface area contributed by atoms with Gasteiger partial charge < -0.3 is 10.6 Å². The average molecular weight is 280 g/mol. The van der Waals surface area contributed by atoms with Crippen LogP contribution in [0.5, 0.6) is 0 Å². The Hall–Kier alpha value is -0.980. The lowest BCUT2D eigenvalue weighted by Gasteiger charge is -2.25. The van der Waals surface area contributed by atoms with Crippen molar-refractivity contribution in [2.24, 2.45) is 4.99 Å². The van der Waals surface area contributed by atoms with E-state index >= 15 is 0 Å². The standard InChI is InChI=1S/C12H23F3N4/c1-9(19(3)10-4-5-10)8-18-11(16-2)17-7-6-12(13,14)15/h9-10H,4-8H2,1-3H3,(H2,16,17,18). The van der Waals surface area contributed by atoms with Crippen LogP contribution in [-0.4, -0.2) is 56.3 Å². The first-order valence-electron chi connectivity index (χ1n) is 6.56. The van der Waals surface area contributed by atoms with E-state index in [1.165, 1.54) is 12.8 Å². The van der Waals surface area contributed by atoms with Crippen LogP contribution in [0.4, 0.5) is 13.2 Å². The molecule has 1 aliphatic rings. The monoisotopic (exact) mass is 280 g/mol. The summed E-state index contributed by atoms with van der Waals surface area (Å²) in [5.41, 5.74) is 0. The van der Waals surface area contributed by atoms with Gasteiger partial charge in [-0.25, -0.2) is 0 Å². The number of hydrogen-bond donors (Lipinski definition) is 2. The summed E-state index contributed by atoms with van der Waals surface area (Å²) in [4.78, 5) is 6.20. The summed E-state index contributed by atoms with van der Waals surface area (Å²) < 4.78 is 36.1. The normalized spacial score (nSPS) is 18.6. The van der Waals surface area contributed by atoms with E-state index in [-0.39, 0.29) is 6.54 Å². The second-order valence-electron chi connectivity index (χ2n) is 4.99. The number of rotatable bonds is 6. The first-order valence-corrected chi connectivity index (χ1v) is 6.56. The number of guanidine groups is 1. The maximum absolute atomic E-state index is 12.0. The Kier molecular flexibility index (Phi) is 5.90. The van der Waals surface area contributed by atoms with Gasteiger partial charge in [-0.1, -0.05) is 0 Å². The molecule has 0 spiro atoms. The molecule has 0 bridgehead atoms. The van der Waals surface area contributed by atoms with Gasteiger partial charge in [0.05, 0.1) is 6.42 Å². The van der Waals surface area contributed by atoms with Gasteiger partial charge in [-0.3, -0.25) is 9.89 Å². The predicted octanol–water partition coefficient (Wildman–Crippen LogP) is 1.59. The Bertz CT molecular complexity index is 300. The number of hydrogen-bond acceptors (Lipinski definition) is 2. The predicted molar refractivity (Wildman–Crippen MR) is 70.3 cm³/mol. The van der Waals surface area contributed by atoms with Crippen LogP contribution < -0.4 is 10.6 Å². The zero-order valence-corrected chi connectivity index (χ0v) is 11.7.